The van der Waals surface area contributed by atoms with Crippen LogP contribution < -0.4 is 0 Å². The summed E-state index contributed by atoms with van der Waals surface area (Å²) in [6.07, 6.45) is 12.7. The van der Waals surface area contributed by atoms with Crippen molar-refractivity contribution in [3.63, 3.8) is 0 Å². The first kappa shape index (κ1) is 41.0. The van der Waals surface area contributed by atoms with Gasteiger partial charge in [-0.3, -0.25) is 9.59 Å². The summed E-state index contributed by atoms with van der Waals surface area (Å²) in [5, 5.41) is 3.64. The Bertz CT molecular complexity index is 854. The molecule has 2 fully saturated rings. The molecule has 0 radical (unpaired) electrons. The Kier molecular flexibility index (Phi) is 16.0. The number of rotatable bonds is 19. The van der Waals surface area contributed by atoms with Crippen LogP contribution in [0.25, 0.3) is 0 Å². The van der Waals surface area contributed by atoms with Crippen LogP contribution in [0.4, 0.5) is 0 Å². The van der Waals surface area contributed by atoms with Crippen molar-refractivity contribution in [2.24, 2.45) is 11.8 Å². The molecule has 0 spiro atoms. The molecule has 270 valence electrons. The van der Waals surface area contributed by atoms with E-state index in [2.05, 4.69) is 83.1 Å². The lowest BCUT2D eigenvalue weighted by molar-refractivity contribution is -0.293. The topological polar surface area (TPSA) is 77.5 Å². The third-order valence-electron chi connectivity index (χ3n) is 10.2. The summed E-state index contributed by atoms with van der Waals surface area (Å²) in [5.74, 6) is 0.617. The van der Waals surface area contributed by atoms with E-state index in [1.807, 2.05) is 10.1 Å². The first-order chi connectivity index (χ1) is 21.3. The molecule has 8 heteroatoms. The summed E-state index contributed by atoms with van der Waals surface area (Å²) in [6.45, 7) is 27.2. The molecule has 8 nitrogen and oxygen atoms in total. The molecule has 0 aromatic rings. The van der Waals surface area contributed by atoms with Crippen LogP contribution in [-0.4, -0.2) is 69.6 Å². The molecule has 2 atom stereocenters. The van der Waals surface area contributed by atoms with Crippen LogP contribution in [0.2, 0.25) is 0 Å². The number of carbonyl (C=O) groups excluding carboxylic acids is 2. The molecule has 0 saturated carbocycles. The number of unbranched alkanes of at least 4 members (excludes halogenated alkanes) is 4. The van der Waals surface area contributed by atoms with Gasteiger partial charge in [-0.1, -0.05) is 66.2 Å². The van der Waals surface area contributed by atoms with Crippen LogP contribution in [-0.2, 0) is 28.7 Å². The van der Waals surface area contributed by atoms with Gasteiger partial charge in [-0.2, -0.15) is 0 Å². The third-order valence-corrected chi connectivity index (χ3v) is 10.2. The molecule has 2 heterocycles. The van der Waals surface area contributed by atoms with E-state index < -0.39 is 23.0 Å². The highest BCUT2D eigenvalue weighted by molar-refractivity contribution is 5.77. The van der Waals surface area contributed by atoms with Crippen molar-refractivity contribution in [1.29, 1.82) is 0 Å². The van der Waals surface area contributed by atoms with Gasteiger partial charge in [0.2, 0.25) is 0 Å². The molecule has 46 heavy (non-hydrogen) atoms. The Hall–Kier alpha value is -1.22. The maximum atomic E-state index is 13.2. The van der Waals surface area contributed by atoms with Gasteiger partial charge in [0, 0.05) is 13.2 Å². The molecule has 2 rings (SSSR count). The molecule has 2 unspecified atom stereocenters. The zero-order valence-corrected chi connectivity index (χ0v) is 32.0. The highest BCUT2D eigenvalue weighted by Crippen LogP contribution is 2.42. The summed E-state index contributed by atoms with van der Waals surface area (Å²) < 4.78 is 12.7. The van der Waals surface area contributed by atoms with Crippen LogP contribution in [0.15, 0.2) is 0 Å². The molecule has 0 aromatic heterocycles. The Morgan fingerprint density at radius 1 is 0.587 bits per heavy atom. The first-order valence-corrected chi connectivity index (χ1v) is 18.6. The van der Waals surface area contributed by atoms with Gasteiger partial charge in [-0.05, 0) is 106 Å². The van der Waals surface area contributed by atoms with Crippen molar-refractivity contribution in [1.82, 2.24) is 10.1 Å². The van der Waals surface area contributed by atoms with Gasteiger partial charge in [0.15, 0.2) is 0 Å². The summed E-state index contributed by atoms with van der Waals surface area (Å²) in [7, 11) is 0. The minimum atomic E-state index is -0.499. The lowest BCUT2D eigenvalue weighted by Gasteiger charge is -2.54. The number of ether oxygens (including phenoxy) is 2. The fourth-order valence-corrected chi connectivity index (χ4v) is 7.37. The number of piperidine rings is 2. The van der Waals surface area contributed by atoms with Crippen molar-refractivity contribution in [2.45, 2.75) is 207 Å². The zero-order valence-electron chi connectivity index (χ0n) is 32.0. The summed E-state index contributed by atoms with van der Waals surface area (Å²) in [6, 6.07) is 0. The highest BCUT2D eigenvalue weighted by atomic mass is 16.7. The third kappa shape index (κ3) is 12.3. The second kappa shape index (κ2) is 18.0. The number of carbonyl (C=O) groups is 2. The first-order valence-electron chi connectivity index (χ1n) is 18.6. The monoisotopic (exact) mass is 653 g/mol. The number of nitrogens with zero attached hydrogens (tertiary/aromatic N) is 2. The van der Waals surface area contributed by atoms with E-state index in [0.717, 1.165) is 50.4 Å². The van der Waals surface area contributed by atoms with E-state index in [1.165, 1.54) is 38.5 Å². The smallest absolute Gasteiger partial charge is 0.325 e. The summed E-state index contributed by atoms with van der Waals surface area (Å²) >= 11 is 0. The van der Waals surface area contributed by atoms with Crippen molar-refractivity contribution in [3.05, 3.63) is 0 Å². The Morgan fingerprint density at radius 3 is 1.26 bits per heavy atom. The lowest BCUT2D eigenvalue weighted by atomic mass is 9.79. The fraction of sp³-hybridized carbons (Fsp3) is 0.947. The second-order valence-electron chi connectivity index (χ2n) is 17.2. The maximum absolute atomic E-state index is 13.2. The van der Waals surface area contributed by atoms with Crippen LogP contribution in [0.5, 0.6) is 0 Å². The Balaban J connectivity index is 1.90. The predicted molar refractivity (Wildman–Crippen MR) is 186 cm³/mol. The Labute approximate surface area is 282 Å². The standard InChI is InChI=1S/C38H72N2O6/c1-29(2)19-15-13-17-27-43-31-23-25-35(5,6)39(37(31,9)10)45-33(41)21-22-34(42)46-40-36(7,8)26-24-32(38(40,11)12)44-28-18-14-16-20-30(3)4/h29-32H,13-28H2,1-12H3. The zero-order chi connectivity index (χ0) is 34.8. The van der Waals surface area contributed by atoms with Crippen molar-refractivity contribution >= 4 is 11.9 Å². The molecule has 0 aliphatic carbocycles. The molecule has 0 amide bonds. The molecular weight excluding hydrogens is 580 g/mol. The molecule has 2 aliphatic heterocycles. The van der Waals surface area contributed by atoms with Gasteiger partial charge in [-0.15, -0.1) is 10.1 Å². The average Bonchev–Trinajstić information content (AvgIpc) is 2.93. The Morgan fingerprint density at radius 2 is 0.935 bits per heavy atom. The minimum absolute atomic E-state index is 0.0397. The van der Waals surface area contributed by atoms with Crippen LogP contribution in [0, 0.1) is 11.8 Å². The number of hydroxylamine groups is 4. The lowest BCUT2D eigenvalue weighted by Crippen LogP contribution is -2.65. The van der Waals surface area contributed by atoms with Gasteiger partial charge in [0.05, 0.1) is 47.2 Å². The second-order valence-corrected chi connectivity index (χ2v) is 17.2. The van der Waals surface area contributed by atoms with E-state index >= 15 is 0 Å². The highest BCUT2D eigenvalue weighted by Gasteiger charge is 2.52. The van der Waals surface area contributed by atoms with Crippen LogP contribution in [0.3, 0.4) is 0 Å². The van der Waals surface area contributed by atoms with Gasteiger partial charge in [0.1, 0.15) is 0 Å². The van der Waals surface area contributed by atoms with Crippen molar-refractivity contribution < 1.29 is 28.7 Å². The largest absolute Gasteiger partial charge is 0.376 e. The van der Waals surface area contributed by atoms with E-state index in [0.29, 0.717) is 13.2 Å². The van der Waals surface area contributed by atoms with Crippen LogP contribution >= 0.6 is 0 Å². The molecule has 0 N–H and O–H groups in total. The van der Waals surface area contributed by atoms with E-state index in [9.17, 15) is 9.59 Å². The quantitative estimate of drug-likeness (QED) is 0.128. The van der Waals surface area contributed by atoms with Gasteiger partial charge >= 0.3 is 11.9 Å². The van der Waals surface area contributed by atoms with E-state index in [1.54, 1.807) is 0 Å². The van der Waals surface area contributed by atoms with Crippen molar-refractivity contribution in [2.75, 3.05) is 13.2 Å². The number of hydrogen-bond donors (Lipinski definition) is 0. The SMILES string of the molecule is CC(C)CCCCCOC1CCC(C)(C)N(OC(=O)CCC(=O)ON2C(C)(C)CCC(OCCCCCC(C)C)C2(C)C)C1(C)C. The van der Waals surface area contributed by atoms with E-state index in [-0.39, 0.29) is 36.1 Å². The molecular formula is C38H72N2O6. The summed E-state index contributed by atoms with van der Waals surface area (Å²) in [5.41, 5.74) is -1.69. The normalized spacial score (nSPS) is 24.3. The van der Waals surface area contributed by atoms with E-state index in [4.69, 9.17) is 19.1 Å². The van der Waals surface area contributed by atoms with Crippen LogP contribution in [0.1, 0.15) is 173 Å². The van der Waals surface area contributed by atoms with Crippen molar-refractivity contribution in [3.8, 4) is 0 Å². The molecule has 0 bridgehead atoms. The molecule has 2 aliphatic rings. The average molecular weight is 653 g/mol. The molecule has 2 saturated heterocycles. The number of hydrogen-bond acceptors (Lipinski definition) is 8. The van der Waals surface area contributed by atoms with Gasteiger partial charge < -0.3 is 19.1 Å². The molecule has 0 aromatic carbocycles. The minimum Gasteiger partial charge on any atom is -0.376 e. The van der Waals surface area contributed by atoms with Gasteiger partial charge in [0.25, 0.3) is 0 Å². The maximum Gasteiger partial charge on any atom is 0.325 e. The van der Waals surface area contributed by atoms with Gasteiger partial charge in [-0.25, -0.2) is 0 Å². The predicted octanol–water partition coefficient (Wildman–Crippen LogP) is 9.19. The fourth-order valence-electron chi connectivity index (χ4n) is 7.37. The summed E-state index contributed by atoms with van der Waals surface area (Å²) in [4.78, 5) is 38.4.